The molecule has 1 fully saturated rings. The Morgan fingerprint density at radius 3 is 3.07 bits per heavy atom. The fourth-order valence-corrected chi connectivity index (χ4v) is 2.98. The molecule has 1 aromatic heterocycles. The van der Waals surface area contributed by atoms with Crippen molar-refractivity contribution in [3.05, 3.63) is 12.4 Å². The molecule has 84 valence electrons. The van der Waals surface area contributed by atoms with E-state index in [1.165, 1.54) is 6.20 Å². The second kappa shape index (κ2) is 4.19. The van der Waals surface area contributed by atoms with Crippen molar-refractivity contribution in [2.24, 2.45) is 0 Å². The van der Waals surface area contributed by atoms with Crippen LogP contribution >= 0.6 is 0 Å². The van der Waals surface area contributed by atoms with E-state index in [1.807, 2.05) is 0 Å². The van der Waals surface area contributed by atoms with E-state index >= 15 is 0 Å². The topological polar surface area (TPSA) is 86.9 Å². The second-order valence-electron chi connectivity index (χ2n) is 3.61. The van der Waals surface area contributed by atoms with Gasteiger partial charge in [-0.3, -0.25) is 4.72 Å². The molecule has 3 N–H and O–H groups in total. The van der Waals surface area contributed by atoms with Gasteiger partial charge >= 0.3 is 0 Å². The van der Waals surface area contributed by atoms with Gasteiger partial charge in [0.25, 0.3) is 0 Å². The van der Waals surface area contributed by atoms with E-state index < -0.39 is 10.0 Å². The first-order chi connectivity index (χ1) is 7.16. The SMILES string of the molecule is O=S(=O)(CC1CCCN1)Nc1ncc[nH]1. The van der Waals surface area contributed by atoms with Gasteiger partial charge in [0.2, 0.25) is 16.0 Å². The van der Waals surface area contributed by atoms with Gasteiger partial charge in [0, 0.05) is 18.4 Å². The minimum Gasteiger partial charge on any atom is -0.330 e. The smallest absolute Gasteiger partial charge is 0.236 e. The standard InChI is InChI=1S/C8H14N4O2S/c13-15(14,6-7-2-1-3-9-7)12-8-10-4-5-11-8/h4-5,7,9H,1-3,6H2,(H2,10,11,12). The number of hydrogen-bond donors (Lipinski definition) is 3. The zero-order valence-corrected chi connectivity index (χ0v) is 9.05. The third-order valence-corrected chi connectivity index (χ3v) is 3.68. The number of hydrogen-bond acceptors (Lipinski definition) is 4. The van der Waals surface area contributed by atoms with Crippen LogP contribution in [0.2, 0.25) is 0 Å². The van der Waals surface area contributed by atoms with Crippen molar-refractivity contribution in [1.29, 1.82) is 0 Å². The van der Waals surface area contributed by atoms with Crippen molar-refractivity contribution in [2.75, 3.05) is 17.0 Å². The number of H-pyrrole nitrogens is 1. The Morgan fingerprint density at radius 1 is 1.60 bits per heavy atom. The van der Waals surface area contributed by atoms with Crippen molar-refractivity contribution in [2.45, 2.75) is 18.9 Å². The highest BCUT2D eigenvalue weighted by atomic mass is 32.2. The van der Waals surface area contributed by atoms with Crippen molar-refractivity contribution >= 4 is 16.0 Å². The van der Waals surface area contributed by atoms with E-state index in [2.05, 4.69) is 20.0 Å². The Morgan fingerprint density at radius 2 is 2.47 bits per heavy atom. The van der Waals surface area contributed by atoms with Crippen molar-refractivity contribution in [3.63, 3.8) is 0 Å². The molecule has 0 amide bonds. The van der Waals surface area contributed by atoms with Crippen LogP contribution in [0.15, 0.2) is 12.4 Å². The van der Waals surface area contributed by atoms with Crippen molar-refractivity contribution in [1.82, 2.24) is 15.3 Å². The van der Waals surface area contributed by atoms with E-state index in [-0.39, 0.29) is 17.7 Å². The summed E-state index contributed by atoms with van der Waals surface area (Å²) in [6.07, 6.45) is 5.04. The number of nitrogens with zero attached hydrogens (tertiary/aromatic N) is 1. The predicted octanol–water partition coefficient (Wildman–Crippen LogP) is -0.0966. The summed E-state index contributed by atoms with van der Waals surface area (Å²) >= 11 is 0. The molecule has 1 aliphatic rings. The molecule has 1 aliphatic heterocycles. The van der Waals surface area contributed by atoms with E-state index in [4.69, 9.17) is 0 Å². The highest BCUT2D eigenvalue weighted by Crippen LogP contribution is 2.09. The normalized spacial score (nSPS) is 21.7. The number of aromatic amines is 1. The molecule has 6 nitrogen and oxygen atoms in total. The largest absolute Gasteiger partial charge is 0.330 e. The Balaban J connectivity index is 1.94. The summed E-state index contributed by atoms with van der Waals surface area (Å²) in [5.41, 5.74) is 0. The summed E-state index contributed by atoms with van der Waals surface area (Å²) in [4.78, 5) is 6.51. The van der Waals surface area contributed by atoms with Crippen LogP contribution in [0, 0.1) is 0 Å². The molecule has 7 heteroatoms. The molecular weight excluding hydrogens is 216 g/mol. The number of nitrogens with one attached hydrogen (secondary N) is 3. The Kier molecular flexibility index (Phi) is 2.92. The molecule has 0 radical (unpaired) electrons. The zero-order valence-electron chi connectivity index (χ0n) is 8.23. The minimum atomic E-state index is -3.29. The molecule has 1 atom stereocenters. The van der Waals surface area contributed by atoms with Gasteiger partial charge in [0.1, 0.15) is 0 Å². The third-order valence-electron chi connectivity index (χ3n) is 2.33. The summed E-state index contributed by atoms with van der Waals surface area (Å²) in [6, 6.07) is 0.0671. The fourth-order valence-electron chi connectivity index (χ4n) is 1.67. The van der Waals surface area contributed by atoms with E-state index in [0.717, 1.165) is 19.4 Å². The molecule has 0 spiro atoms. The molecule has 0 bridgehead atoms. The first-order valence-corrected chi connectivity index (χ1v) is 6.54. The van der Waals surface area contributed by atoms with Gasteiger partial charge in [-0.2, -0.15) is 0 Å². The molecule has 1 unspecified atom stereocenters. The van der Waals surface area contributed by atoms with Crippen LogP contribution in [0.1, 0.15) is 12.8 Å². The number of rotatable bonds is 4. The third kappa shape index (κ3) is 2.93. The van der Waals surface area contributed by atoms with Gasteiger partial charge in [-0.25, -0.2) is 13.4 Å². The molecular formula is C8H14N4O2S. The fraction of sp³-hybridized carbons (Fsp3) is 0.625. The van der Waals surface area contributed by atoms with Crippen LogP contribution in [0.4, 0.5) is 5.95 Å². The zero-order chi connectivity index (χ0) is 10.7. The summed E-state index contributed by atoms with van der Waals surface area (Å²) < 4.78 is 25.7. The lowest BCUT2D eigenvalue weighted by atomic mass is 10.3. The van der Waals surface area contributed by atoms with Crippen LogP contribution in [-0.4, -0.2) is 36.7 Å². The maximum atomic E-state index is 11.6. The number of aromatic nitrogens is 2. The van der Waals surface area contributed by atoms with Crippen LogP contribution in [0.25, 0.3) is 0 Å². The molecule has 0 aliphatic carbocycles. The quantitative estimate of drug-likeness (QED) is 0.674. The average Bonchev–Trinajstić information content (AvgIpc) is 2.75. The Hall–Kier alpha value is -1.08. The van der Waals surface area contributed by atoms with Gasteiger partial charge in [-0.05, 0) is 19.4 Å². The molecule has 15 heavy (non-hydrogen) atoms. The van der Waals surface area contributed by atoms with Gasteiger partial charge in [0.15, 0.2) is 0 Å². The lowest BCUT2D eigenvalue weighted by Crippen LogP contribution is -2.33. The molecule has 1 saturated heterocycles. The van der Waals surface area contributed by atoms with E-state index in [1.54, 1.807) is 6.20 Å². The first kappa shape index (κ1) is 10.4. The van der Waals surface area contributed by atoms with Gasteiger partial charge in [0.05, 0.1) is 5.75 Å². The molecule has 0 aromatic carbocycles. The summed E-state index contributed by atoms with van der Waals surface area (Å²) in [5.74, 6) is 0.376. The van der Waals surface area contributed by atoms with Gasteiger partial charge in [-0.15, -0.1) is 0 Å². The monoisotopic (exact) mass is 230 g/mol. The Bertz CT molecular complexity index is 394. The highest BCUT2D eigenvalue weighted by Gasteiger charge is 2.22. The minimum absolute atomic E-state index is 0.0671. The molecule has 2 heterocycles. The summed E-state index contributed by atoms with van der Waals surface area (Å²) in [7, 11) is -3.29. The Labute approximate surface area is 88.5 Å². The maximum absolute atomic E-state index is 11.6. The summed E-state index contributed by atoms with van der Waals surface area (Å²) in [5, 5.41) is 3.14. The second-order valence-corrected chi connectivity index (χ2v) is 5.38. The van der Waals surface area contributed by atoms with E-state index in [9.17, 15) is 8.42 Å². The van der Waals surface area contributed by atoms with Crippen LogP contribution in [-0.2, 0) is 10.0 Å². The molecule has 2 rings (SSSR count). The van der Waals surface area contributed by atoms with Crippen LogP contribution < -0.4 is 10.0 Å². The lowest BCUT2D eigenvalue weighted by molar-refractivity contribution is 0.581. The van der Waals surface area contributed by atoms with Gasteiger partial charge < -0.3 is 10.3 Å². The van der Waals surface area contributed by atoms with Gasteiger partial charge in [-0.1, -0.05) is 0 Å². The van der Waals surface area contributed by atoms with E-state index in [0.29, 0.717) is 0 Å². The highest BCUT2D eigenvalue weighted by molar-refractivity contribution is 7.92. The summed E-state index contributed by atoms with van der Waals surface area (Å²) in [6.45, 7) is 0.904. The van der Waals surface area contributed by atoms with Crippen molar-refractivity contribution in [3.8, 4) is 0 Å². The number of sulfonamides is 1. The number of imidazole rings is 1. The van der Waals surface area contributed by atoms with Crippen LogP contribution in [0.5, 0.6) is 0 Å². The molecule has 1 aromatic rings. The van der Waals surface area contributed by atoms with Crippen LogP contribution in [0.3, 0.4) is 0 Å². The lowest BCUT2D eigenvalue weighted by Gasteiger charge is -2.10. The number of anilines is 1. The maximum Gasteiger partial charge on any atom is 0.236 e. The average molecular weight is 230 g/mol. The molecule has 0 saturated carbocycles. The predicted molar refractivity (Wildman–Crippen MR) is 57.0 cm³/mol. The van der Waals surface area contributed by atoms with Crippen molar-refractivity contribution < 1.29 is 8.42 Å². The first-order valence-electron chi connectivity index (χ1n) is 4.89.